The van der Waals surface area contributed by atoms with Gasteiger partial charge in [0.1, 0.15) is 0 Å². The second-order valence-corrected chi connectivity index (χ2v) is 6.59. The highest BCUT2D eigenvalue weighted by atomic mass is 19.3. The van der Waals surface area contributed by atoms with Gasteiger partial charge in [0.15, 0.2) is 0 Å². The molecule has 1 rings (SSSR count). The second kappa shape index (κ2) is 7.03. The molecule has 1 heterocycles. The van der Waals surface area contributed by atoms with Crippen LogP contribution in [0.15, 0.2) is 12.2 Å². The van der Waals surface area contributed by atoms with Crippen LogP contribution in [0.2, 0.25) is 5.82 Å². The van der Waals surface area contributed by atoms with E-state index >= 15 is 0 Å². The van der Waals surface area contributed by atoms with Gasteiger partial charge in [0.25, 0.3) is 6.08 Å². The van der Waals surface area contributed by atoms with Crippen molar-refractivity contribution < 1.29 is 18.1 Å². The Kier molecular flexibility index (Phi) is 6.20. The van der Waals surface area contributed by atoms with Gasteiger partial charge in [-0.15, -0.1) is 0 Å². The molecular formula is C15H27BF2O2. The summed E-state index contributed by atoms with van der Waals surface area (Å²) in [6.45, 7) is 9.90. The van der Waals surface area contributed by atoms with E-state index in [-0.39, 0.29) is 5.82 Å². The maximum Gasteiger partial charge on any atom is 0.465 e. The Morgan fingerprint density at radius 2 is 1.60 bits per heavy atom. The molecular weight excluding hydrogens is 261 g/mol. The minimum Gasteiger partial charge on any atom is -0.403 e. The fourth-order valence-corrected chi connectivity index (χ4v) is 2.33. The number of hydrogen-bond donors (Lipinski definition) is 0. The molecule has 1 aliphatic heterocycles. The maximum absolute atomic E-state index is 12.6. The number of unbranched alkanes of at least 4 members (excludes halogenated alkanes) is 3. The van der Waals surface area contributed by atoms with Crippen LogP contribution in [0.25, 0.3) is 0 Å². The lowest BCUT2D eigenvalue weighted by Gasteiger charge is -2.32. The number of rotatable bonds is 7. The fourth-order valence-electron chi connectivity index (χ4n) is 2.33. The first-order valence-electron chi connectivity index (χ1n) is 7.58. The van der Waals surface area contributed by atoms with Gasteiger partial charge in [0.2, 0.25) is 0 Å². The fraction of sp³-hybridized carbons (Fsp3) is 0.867. The van der Waals surface area contributed by atoms with Gasteiger partial charge in [-0.3, -0.25) is 0 Å². The van der Waals surface area contributed by atoms with Crippen LogP contribution < -0.4 is 0 Å². The van der Waals surface area contributed by atoms with Crippen molar-refractivity contribution in [2.45, 2.75) is 83.7 Å². The van der Waals surface area contributed by atoms with Crippen molar-refractivity contribution in [3.8, 4) is 0 Å². The zero-order valence-electron chi connectivity index (χ0n) is 13.3. The van der Waals surface area contributed by atoms with Crippen molar-refractivity contribution in [2.24, 2.45) is 0 Å². The second-order valence-electron chi connectivity index (χ2n) is 6.59. The van der Waals surface area contributed by atoms with Gasteiger partial charge in [0, 0.05) is 5.82 Å². The lowest BCUT2D eigenvalue weighted by molar-refractivity contribution is 0.00578. The van der Waals surface area contributed by atoms with Crippen LogP contribution in [-0.4, -0.2) is 18.3 Å². The van der Waals surface area contributed by atoms with Crippen LogP contribution in [0.4, 0.5) is 8.78 Å². The zero-order valence-corrected chi connectivity index (χ0v) is 13.3. The molecule has 0 aromatic heterocycles. The molecule has 1 unspecified atom stereocenters. The molecule has 0 amide bonds. The minimum absolute atomic E-state index is 0.377. The summed E-state index contributed by atoms with van der Waals surface area (Å²) in [5.41, 5.74) is -0.945. The van der Waals surface area contributed by atoms with E-state index in [1.165, 1.54) is 0 Å². The van der Waals surface area contributed by atoms with Gasteiger partial charge in [-0.2, -0.15) is 8.78 Å². The van der Waals surface area contributed by atoms with Crippen molar-refractivity contribution in [3.63, 3.8) is 0 Å². The lowest BCUT2D eigenvalue weighted by Crippen LogP contribution is -2.41. The molecule has 0 saturated carbocycles. The van der Waals surface area contributed by atoms with Crippen LogP contribution >= 0.6 is 0 Å². The molecule has 5 heteroatoms. The number of halogens is 2. The van der Waals surface area contributed by atoms with Gasteiger partial charge in [-0.05, 0) is 40.2 Å². The first-order valence-corrected chi connectivity index (χ1v) is 7.58. The van der Waals surface area contributed by atoms with Crippen LogP contribution in [-0.2, 0) is 9.31 Å². The van der Waals surface area contributed by atoms with Crippen molar-refractivity contribution in [1.29, 1.82) is 0 Å². The molecule has 0 aliphatic carbocycles. The van der Waals surface area contributed by atoms with Crippen molar-refractivity contribution in [1.82, 2.24) is 0 Å². The summed E-state index contributed by atoms with van der Waals surface area (Å²) in [7, 11) is -0.580. The van der Waals surface area contributed by atoms with E-state index in [9.17, 15) is 8.78 Å². The van der Waals surface area contributed by atoms with E-state index in [0.29, 0.717) is 6.42 Å². The summed E-state index contributed by atoms with van der Waals surface area (Å²) in [5, 5.41) is 0. The van der Waals surface area contributed by atoms with Crippen LogP contribution in [0.5, 0.6) is 0 Å². The highest BCUT2D eigenvalue weighted by Crippen LogP contribution is 2.41. The van der Waals surface area contributed by atoms with Crippen LogP contribution in [0, 0.1) is 0 Å². The summed E-state index contributed by atoms with van der Waals surface area (Å²) in [4.78, 5) is 0. The van der Waals surface area contributed by atoms with Crippen molar-refractivity contribution in [2.75, 3.05) is 0 Å². The van der Waals surface area contributed by atoms with Crippen molar-refractivity contribution in [3.05, 3.63) is 12.2 Å². The Morgan fingerprint density at radius 3 is 2.05 bits per heavy atom. The lowest BCUT2D eigenvalue weighted by atomic mass is 9.69. The number of hydrogen-bond acceptors (Lipinski definition) is 2. The van der Waals surface area contributed by atoms with Gasteiger partial charge < -0.3 is 9.31 Å². The Balaban J connectivity index is 2.68. The van der Waals surface area contributed by atoms with E-state index < -0.39 is 24.4 Å². The molecule has 1 aliphatic rings. The molecule has 116 valence electrons. The highest BCUT2D eigenvalue weighted by Gasteiger charge is 2.53. The quantitative estimate of drug-likeness (QED) is 0.473. The maximum atomic E-state index is 12.6. The average Bonchev–Trinajstić information content (AvgIpc) is 2.52. The predicted octanol–water partition coefficient (Wildman–Crippen LogP) is 5.20. The molecule has 0 aromatic rings. The molecule has 1 fully saturated rings. The topological polar surface area (TPSA) is 18.5 Å². The monoisotopic (exact) mass is 288 g/mol. The predicted molar refractivity (Wildman–Crippen MR) is 78.9 cm³/mol. The molecule has 1 saturated heterocycles. The third-order valence-electron chi connectivity index (χ3n) is 4.35. The van der Waals surface area contributed by atoms with Gasteiger partial charge in [-0.25, -0.2) is 0 Å². The van der Waals surface area contributed by atoms with E-state index in [1.807, 2.05) is 27.7 Å². The summed E-state index contributed by atoms with van der Waals surface area (Å²) < 4.78 is 37.1. The smallest absolute Gasteiger partial charge is 0.403 e. The van der Waals surface area contributed by atoms with Crippen LogP contribution in [0.3, 0.4) is 0 Å². The summed E-state index contributed by atoms with van der Waals surface area (Å²) in [6.07, 6.45) is 4.27. The molecule has 0 bridgehead atoms. The van der Waals surface area contributed by atoms with Gasteiger partial charge in [-0.1, -0.05) is 32.6 Å². The van der Waals surface area contributed by atoms with E-state index in [0.717, 1.165) is 31.8 Å². The Morgan fingerprint density at radius 1 is 1.05 bits per heavy atom. The molecule has 20 heavy (non-hydrogen) atoms. The Labute approximate surface area is 122 Å². The molecule has 0 radical (unpaired) electrons. The molecule has 0 spiro atoms. The normalized spacial score (nSPS) is 21.9. The average molecular weight is 288 g/mol. The van der Waals surface area contributed by atoms with E-state index in [1.54, 1.807) is 0 Å². The van der Waals surface area contributed by atoms with Gasteiger partial charge in [0.05, 0.1) is 11.2 Å². The molecule has 0 N–H and O–H groups in total. The first kappa shape index (κ1) is 17.6. The number of allylic oxidation sites excluding steroid dienone is 1. The first-order chi connectivity index (χ1) is 9.19. The summed E-state index contributed by atoms with van der Waals surface area (Å²) >= 11 is 0. The third kappa shape index (κ3) is 4.56. The molecule has 0 aromatic carbocycles. The van der Waals surface area contributed by atoms with E-state index in [2.05, 4.69) is 6.92 Å². The van der Waals surface area contributed by atoms with Crippen LogP contribution in [0.1, 0.15) is 66.7 Å². The summed E-state index contributed by atoms with van der Waals surface area (Å²) in [6, 6.07) is 0. The van der Waals surface area contributed by atoms with E-state index in [4.69, 9.17) is 9.31 Å². The SMILES string of the molecule is CCCCCCC(C=C(F)F)B1OC(C)(C)C(C)(C)O1. The standard InChI is InChI=1S/C15H27BF2O2/c1-6-7-8-9-10-12(11-13(17)18)16-19-14(2,3)15(4,5)20-16/h11-12H,6-10H2,1-5H3. The van der Waals surface area contributed by atoms with Crippen molar-refractivity contribution >= 4 is 7.12 Å². The minimum atomic E-state index is -1.65. The third-order valence-corrected chi connectivity index (χ3v) is 4.35. The Hall–Kier alpha value is -0.415. The highest BCUT2D eigenvalue weighted by molar-refractivity contribution is 6.48. The Bertz CT molecular complexity index is 323. The molecule has 2 nitrogen and oxygen atoms in total. The molecule has 1 atom stereocenters. The zero-order chi connectivity index (χ0) is 15.4. The summed E-state index contributed by atoms with van der Waals surface area (Å²) in [5.74, 6) is -0.377. The largest absolute Gasteiger partial charge is 0.465 e. The van der Waals surface area contributed by atoms with Gasteiger partial charge >= 0.3 is 7.12 Å².